The third kappa shape index (κ3) is 2.25. The van der Waals surface area contributed by atoms with E-state index < -0.39 is 10.8 Å². The third-order valence-electron chi connectivity index (χ3n) is 1.81. The number of rotatable bonds is 2. The molecule has 0 spiro atoms. The molecule has 0 unspecified atom stereocenters. The van der Waals surface area contributed by atoms with Crippen molar-refractivity contribution in [2.45, 2.75) is 16.0 Å². The lowest BCUT2D eigenvalue weighted by atomic mass is 10.4. The molecule has 0 fully saturated rings. The van der Waals surface area contributed by atoms with Crippen LogP contribution in [0.25, 0.3) is 0 Å². The van der Waals surface area contributed by atoms with Crippen LogP contribution in [0.2, 0.25) is 5.02 Å². The summed E-state index contributed by atoms with van der Waals surface area (Å²) in [7, 11) is -1.20. The summed E-state index contributed by atoms with van der Waals surface area (Å²) in [6.07, 6.45) is 0. The second-order valence-electron chi connectivity index (χ2n) is 2.87. The highest BCUT2D eigenvalue weighted by molar-refractivity contribution is 7.87. The van der Waals surface area contributed by atoms with E-state index in [0.717, 1.165) is 11.5 Å². The highest BCUT2D eigenvalue weighted by Crippen LogP contribution is 2.22. The van der Waals surface area contributed by atoms with Crippen molar-refractivity contribution in [2.24, 2.45) is 0 Å². The Morgan fingerprint density at radius 2 is 2.00 bits per heavy atom. The first-order chi connectivity index (χ1) is 7.18. The van der Waals surface area contributed by atoms with Gasteiger partial charge < -0.3 is 0 Å². The molecule has 1 aromatic heterocycles. The molecule has 0 bridgehead atoms. The molecule has 78 valence electrons. The lowest BCUT2D eigenvalue weighted by Crippen LogP contribution is -1.91. The van der Waals surface area contributed by atoms with Crippen LogP contribution < -0.4 is 0 Å². The molecule has 0 aliphatic heterocycles. The Morgan fingerprint density at radius 1 is 1.33 bits per heavy atom. The molecule has 0 radical (unpaired) electrons. The molecule has 0 N–H and O–H groups in total. The van der Waals surface area contributed by atoms with Gasteiger partial charge in [0, 0.05) is 9.92 Å². The zero-order chi connectivity index (χ0) is 10.8. The Bertz CT molecular complexity index is 495. The number of nitrogens with zero attached hydrogens (tertiary/aromatic N) is 2. The van der Waals surface area contributed by atoms with Gasteiger partial charge in [0.05, 0.1) is 16.5 Å². The number of hydrogen-bond donors (Lipinski definition) is 0. The highest BCUT2D eigenvalue weighted by Gasteiger charge is 2.13. The van der Waals surface area contributed by atoms with Gasteiger partial charge in [-0.2, -0.15) is 0 Å². The molecule has 1 atom stereocenters. The molecule has 0 aliphatic carbocycles. The Balaban J connectivity index is 2.37. The molecular weight excluding hydrogens is 252 g/mol. The average molecular weight is 259 g/mol. The van der Waals surface area contributed by atoms with E-state index in [1.54, 1.807) is 31.2 Å². The summed E-state index contributed by atoms with van der Waals surface area (Å²) in [5, 5.41) is 4.46. The normalized spacial score (nSPS) is 12.7. The first-order valence-corrected chi connectivity index (χ1v) is 6.45. The van der Waals surface area contributed by atoms with Crippen LogP contribution in [0.5, 0.6) is 0 Å². The van der Waals surface area contributed by atoms with Crippen LogP contribution >= 0.6 is 23.1 Å². The zero-order valence-electron chi connectivity index (χ0n) is 7.81. The molecular formula is C9H7ClN2OS2. The van der Waals surface area contributed by atoms with Crippen molar-refractivity contribution >= 4 is 33.9 Å². The summed E-state index contributed by atoms with van der Waals surface area (Å²) in [4.78, 5) is 0.716. The molecule has 0 saturated carbocycles. The van der Waals surface area contributed by atoms with E-state index in [0.29, 0.717) is 19.8 Å². The molecule has 15 heavy (non-hydrogen) atoms. The van der Waals surface area contributed by atoms with Crippen molar-refractivity contribution in [2.75, 3.05) is 0 Å². The third-order valence-corrected chi connectivity index (χ3v) is 4.69. The van der Waals surface area contributed by atoms with E-state index in [9.17, 15) is 4.21 Å². The molecule has 1 heterocycles. The molecule has 2 aromatic rings. The Hall–Kier alpha value is -0.780. The lowest BCUT2D eigenvalue weighted by Gasteiger charge is -1.99. The smallest absolute Gasteiger partial charge is 0.140 e. The minimum atomic E-state index is -1.20. The molecule has 2 rings (SSSR count). The summed E-state index contributed by atoms with van der Waals surface area (Å²) in [5.74, 6) is 0. The van der Waals surface area contributed by atoms with E-state index in [2.05, 4.69) is 9.59 Å². The molecule has 0 amide bonds. The number of aryl methyl sites for hydroxylation is 1. The predicted octanol–water partition coefficient (Wildman–Crippen LogP) is 2.67. The first kappa shape index (κ1) is 10.7. The fraction of sp³-hybridized carbons (Fsp3) is 0.111. The molecule has 3 nitrogen and oxygen atoms in total. The highest BCUT2D eigenvalue weighted by atomic mass is 35.5. The Morgan fingerprint density at radius 3 is 2.53 bits per heavy atom. The van der Waals surface area contributed by atoms with Gasteiger partial charge in [-0.05, 0) is 42.7 Å². The molecule has 0 saturated heterocycles. The van der Waals surface area contributed by atoms with Crippen LogP contribution in [0.15, 0.2) is 33.4 Å². The van der Waals surface area contributed by atoms with E-state index in [4.69, 9.17) is 11.6 Å². The van der Waals surface area contributed by atoms with Gasteiger partial charge in [0.15, 0.2) is 0 Å². The fourth-order valence-corrected chi connectivity index (χ4v) is 3.16. The van der Waals surface area contributed by atoms with Crippen molar-refractivity contribution in [3.05, 3.63) is 35.0 Å². The van der Waals surface area contributed by atoms with Crippen molar-refractivity contribution in [3.8, 4) is 0 Å². The second kappa shape index (κ2) is 4.38. The molecule has 1 aromatic carbocycles. The van der Waals surface area contributed by atoms with E-state index in [1.807, 2.05) is 0 Å². The van der Waals surface area contributed by atoms with Gasteiger partial charge in [-0.15, -0.1) is 5.10 Å². The number of aromatic nitrogens is 2. The maximum atomic E-state index is 12.0. The van der Waals surface area contributed by atoms with Crippen LogP contribution in [0.1, 0.15) is 5.69 Å². The summed E-state index contributed by atoms with van der Waals surface area (Å²) in [5.41, 5.74) is 0.716. The summed E-state index contributed by atoms with van der Waals surface area (Å²) < 4.78 is 16.5. The Labute approximate surface area is 98.7 Å². The van der Waals surface area contributed by atoms with Crippen molar-refractivity contribution < 1.29 is 4.21 Å². The minimum absolute atomic E-state index is 0.634. The lowest BCUT2D eigenvalue weighted by molar-refractivity contribution is 0.684. The first-order valence-electron chi connectivity index (χ1n) is 4.15. The van der Waals surface area contributed by atoms with Crippen LogP contribution in [0.3, 0.4) is 0 Å². The number of hydrogen-bond acceptors (Lipinski definition) is 4. The monoisotopic (exact) mass is 258 g/mol. The maximum Gasteiger partial charge on any atom is 0.140 e. The van der Waals surface area contributed by atoms with Gasteiger partial charge >= 0.3 is 0 Å². The molecule has 6 heteroatoms. The van der Waals surface area contributed by atoms with E-state index >= 15 is 0 Å². The standard InChI is InChI=1S/C9H7ClN2OS2/c1-6-9(14-12-11-6)15(13)8-4-2-7(10)3-5-8/h2-5H,1H3/t15-/m1/s1. The van der Waals surface area contributed by atoms with Crippen LogP contribution in [-0.4, -0.2) is 13.8 Å². The number of benzene rings is 1. The quantitative estimate of drug-likeness (QED) is 0.832. The average Bonchev–Trinajstić information content (AvgIpc) is 2.65. The maximum absolute atomic E-state index is 12.0. The van der Waals surface area contributed by atoms with Gasteiger partial charge in [-0.25, -0.2) is 4.21 Å². The van der Waals surface area contributed by atoms with Crippen molar-refractivity contribution in [3.63, 3.8) is 0 Å². The van der Waals surface area contributed by atoms with Crippen LogP contribution in [-0.2, 0) is 10.8 Å². The predicted molar refractivity (Wildman–Crippen MR) is 60.8 cm³/mol. The largest absolute Gasteiger partial charge is 0.248 e. The van der Waals surface area contributed by atoms with Gasteiger partial charge in [0.2, 0.25) is 0 Å². The van der Waals surface area contributed by atoms with Gasteiger partial charge in [-0.3, -0.25) is 0 Å². The van der Waals surface area contributed by atoms with Crippen molar-refractivity contribution in [1.29, 1.82) is 0 Å². The number of halogens is 1. The summed E-state index contributed by atoms with van der Waals surface area (Å²) >= 11 is 6.91. The Kier molecular flexibility index (Phi) is 3.14. The summed E-state index contributed by atoms with van der Waals surface area (Å²) in [6.45, 7) is 1.80. The van der Waals surface area contributed by atoms with Crippen molar-refractivity contribution in [1.82, 2.24) is 9.59 Å². The minimum Gasteiger partial charge on any atom is -0.248 e. The van der Waals surface area contributed by atoms with Gasteiger partial charge in [-0.1, -0.05) is 16.1 Å². The van der Waals surface area contributed by atoms with E-state index in [1.165, 1.54) is 0 Å². The topological polar surface area (TPSA) is 42.9 Å². The summed E-state index contributed by atoms with van der Waals surface area (Å²) in [6, 6.07) is 6.94. The fourth-order valence-electron chi connectivity index (χ4n) is 1.06. The second-order valence-corrected chi connectivity index (χ2v) is 5.73. The van der Waals surface area contributed by atoms with Crippen LogP contribution in [0, 0.1) is 6.92 Å². The van der Waals surface area contributed by atoms with Gasteiger partial charge in [0.1, 0.15) is 4.21 Å². The molecule has 0 aliphatic rings. The van der Waals surface area contributed by atoms with Crippen LogP contribution in [0.4, 0.5) is 0 Å². The van der Waals surface area contributed by atoms with E-state index in [-0.39, 0.29) is 0 Å². The zero-order valence-corrected chi connectivity index (χ0v) is 10.2. The van der Waals surface area contributed by atoms with Gasteiger partial charge in [0.25, 0.3) is 0 Å². The SMILES string of the molecule is Cc1nnsc1[S@](=O)c1ccc(Cl)cc1.